The minimum atomic E-state index is -2.93. The fourth-order valence-electron chi connectivity index (χ4n) is 7.75. The third kappa shape index (κ3) is 7.29. The zero-order valence-corrected chi connectivity index (χ0v) is 33.0. The van der Waals surface area contributed by atoms with Crippen LogP contribution >= 0.6 is 0 Å². The molecule has 0 fully saturated rings. The van der Waals surface area contributed by atoms with Gasteiger partial charge in [0.05, 0.1) is 12.7 Å². The smallest absolute Gasteiger partial charge is 0.330 e. The quantitative estimate of drug-likeness (QED) is 0.138. The molecule has 0 aliphatic carbocycles. The summed E-state index contributed by atoms with van der Waals surface area (Å²) in [7, 11) is -5.80. The van der Waals surface area contributed by atoms with Crippen LogP contribution in [-0.4, -0.2) is 45.5 Å². The summed E-state index contributed by atoms with van der Waals surface area (Å²) in [6, 6.07) is 43.7. The molecule has 0 saturated carbocycles. The van der Waals surface area contributed by atoms with Gasteiger partial charge in [0.15, 0.2) is 6.23 Å². The van der Waals surface area contributed by atoms with Crippen molar-refractivity contribution in [2.75, 3.05) is 13.2 Å². The lowest BCUT2D eigenvalue weighted by atomic mass is 10.0. The maximum absolute atomic E-state index is 13.0. The molecule has 1 aliphatic heterocycles. The van der Waals surface area contributed by atoms with E-state index in [0.29, 0.717) is 6.61 Å². The zero-order valence-electron chi connectivity index (χ0n) is 31.0. The first-order chi connectivity index (χ1) is 24.9. The van der Waals surface area contributed by atoms with Crippen LogP contribution in [0.25, 0.3) is 0 Å². The van der Waals surface area contributed by atoms with Crippen molar-refractivity contribution in [3.63, 3.8) is 0 Å². The molecule has 270 valence electrons. The number of hydrogen-bond donors (Lipinski definition) is 1. The second-order valence-electron chi connectivity index (χ2n) is 15.6. The number of nitrogens with zero attached hydrogens (tertiary/aromatic N) is 1. The summed E-state index contributed by atoms with van der Waals surface area (Å²) in [5.74, 6) is -0.199. The fourth-order valence-corrected chi connectivity index (χ4v) is 16.9. The van der Waals surface area contributed by atoms with Crippen LogP contribution in [0, 0.1) is 5.92 Å². The number of ether oxygens (including phenoxy) is 1. The summed E-state index contributed by atoms with van der Waals surface area (Å²) >= 11 is 0. The molecule has 9 heteroatoms. The van der Waals surface area contributed by atoms with Gasteiger partial charge < -0.3 is 13.6 Å². The Morgan fingerprint density at radius 2 is 1.00 bits per heavy atom. The van der Waals surface area contributed by atoms with E-state index in [9.17, 15) is 9.59 Å². The van der Waals surface area contributed by atoms with E-state index in [4.69, 9.17) is 13.6 Å². The highest BCUT2D eigenvalue weighted by molar-refractivity contribution is 7.00. The van der Waals surface area contributed by atoms with Crippen LogP contribution in [0.1, 0.15) is 47.8 Å². The van der Waals surface area contributed by atoms with Gasteiger partial charge in [0, 0.05) is 24.8 Å². The first-order valence-corrected chi connectivity index (χ1v) is 21.8. The largest absolute Gasteiger partial charge is 0.407 e. The van der Waals surface area contributed by atoms with Gasteiger partial charge in [0.25, 0.3) is 22.2 Å². The molecular formula is C43H50N2O5Si2. The van der Waals surface area contributed by atoms with Crippen LogP contribution in [0.5, 0.6) is 0 Å². The second kappa shape index (κ2) is 15.3. The number of hydrogen-bond acceptors (Lipinski definition) is 5. The standard InChI is InChI=1S/C43H50N2O5Si2/c1-42(2,3)51(34-19-11-7-12-20-34,35-21-13-8-14-22-35)48-31-33-27-28-40(45-30-29-39(46)44-41(45)47)50-38(33)32-49-52(43(4,5)6,36-23-15-9-16-24-36)37-25-17-10-18-26-37/h7-30,33,38,40H,31-32H2,1-6H3,(H,44,46,47)/t33-,38-,40-/m1/s1. The lowest BCUT2D eigenvalue weighted by Crippen LogP contribution is -2.68. The number of benzene rings is 4. The Bertz CT molecular complexity index is 1980. The molecule has 0 bridgehead atoms. The predicted molar refractivity (Wildman–Crippen MR) is 215 cm³/mol. The molecule has 0 saturated heterocycles. The molecule has 1 aliphatic rings. The van der Waals surface area contributed by atoms with E-state index in [1.807, 2.05) is 30.3 Å². The third-order valence-corrected chi connectivity index (χ3v) is 20.2. The van der Waals surface area contributed by atoms with Gasteiger partial charge in [-0.25, -0.2) is 4.79 Å². The highest BCUT2D eigenvalue weighted by Gasteiger charge is 2.52. The van der Waals surface area contributed by atoms with Gasteiger partial charge in [-0.15, -0.1) is 0 Å². The van der Waals surface area contributed by atoms with Gasteiger partial charge >= 0.3 is 5.69 Å². The SMILES string of the molecule is CC(C)(C)[Si](OC[C@H]1C=C[C@H](n2ccc(=O)[nH]c2=O)O[C@@H]1CO[Si](c1ccccc1)(c1ccccc1)C(C)(C)C)(c1ccccc1)c1ccccc1. The van der Waals surface area contributed by atoms with Crippen LogP contribution in [0.15, 0.2) is 155 Å². The van der Waals surface area contributed by atoms with E-state index < -0.39 is 40.2 Å². The molecule has 6 rings (SSSR count). The van der Waals surface area contributed by atoms with Gasteiger partial charge in [0.1, 0.15) is 0 Å². The highest BCUT2D eigenvalue weighted by atomic mass is 28.4. The van der Waals surface area contributed by atoms with Crippen molar-refractivity contribution in [1.82, 2.24) is 9.55 Å². The minimum absolute atomic E-state index is 0.199. The van der Waals surface area contributed by atoms with Crippen molar-refractivity contribution in [3.8, 4) is 0 Å². The Labute approximate surface area is 309 Å². The van der Waals surface area contributed by atoms with Crippen molar-refractivity contribution in [2.24, 2.45) is 5.92 Å². The van der Waals surface area contributed by atoms with Crippen molar-refractivity contribution >= 4 is 37.4 Å². The Kier molecular flexibility index (Phi) is 11.0. The van der Waals surface area contributed by atoms with E-state index in [2.05, 4.69) is 150 Å². The average Bonchev–Trinajstić information content (AvgIpc) is 3.13. The molecule has 1 N–H and O–H groups in total. The molecule has 0 unspecified atom stereocenters. The second-order valence-corrected chi connectivity index (χ2v) is 24.2. The van der Waals surface area contributed by atoms with Crippen molar-refractivity contribution in [3.05, 3.63) is 167 Å². The Morgan fingerprint density at radius 3 is 1.38 bits per heavy atom. The molecule has 1 aromatic heterocycles. The van der Waals surface area contributed by atoms with Crippen LogP contribution in [0.2, 0.25) is 10.1 Å². The number of aromatic nitrogens is 2. The van der Waals surface area contributed by atoms with Crippen molar-refractivity contribution < 1.29 is 13.6 Å². The summed E-state index contributed by atoms with van der Waals surface area (Å²) < 4.78 is 23.1. The fraction of sp³-hybridized carbons (Fsp3) is 0.302. The molecule has 7 nitrogen and oxygen atoms in total. The summed E-state index contributed by atoms with van der Waals surface area (Å²) in [4.78, 5) is 27.3. The Hall–Kier alpha value is -4.39. The molecule has 4 aromatic carbocycles. The topological polar surface area (TPSA) is 82.6 Å². The third-order valence-electron chi connectivity index (χ3n) is 10.2. The lowest BCUT2D eigenvalue weighted by Gasteiger charge is -2.46. The Morgan fingerprint density at radius 1 is 0.596 bits per heavy atom. The average molecular weight is 731 g/mol. The predicted octanol–water partition coefficient (Wildman–Crippen LogP) is 5.76. The lowest BCUT2D eigenvalue weighted by molar-refractivity contribution is -0.0846. The molecular weight excluding hydrogens is 681 g/mol. The normalized spacial score (nSPS) is 18.3. The van der Waals surface area contributed by atoms with E-state index in [-0.39, 0.29) is 22.6 Å². The molecule has 0 spiro atoms. The van der Waals surface area contributed by atoms with Gasteiger partial charge in [-0.1, -0.05) is 169 Å². The van der Waals surface area contributed by atoms with Crippen LogP contribution in [0.3, 0.4) is 0 Å². The summed E-state index contributed by atoms with van der Waals surface area (Å²) in [6.45, 7) is 14.2. The molecule has 0 amide bonds. The Balaban J connectivity index is 1.43. The van der Waals surface area contributed by atoms with Crippen LogP contribution in [0.4, 0.5) is 0 Å². The first kappa shape index (κ1) is 37.4. The van der Waals surface area contributed by atoms with E-state index in [1.165, 1.54) is 37.6 Å². The van der Waals surface area contributed by atoms with Crippen molar-refractivity contribution in [1.29, 1.82) is 0 Å². The van der Waals surface area contributed by atoms with Gasteiger partial charge in [-0.05, 0) is 36.9 Å². The summed E-state index contributed by atoms with van der Waals surface area (Å²) in [6.07, 6.45) is 4.26. The first-order valence-electron chi connectivity index (χ1n) is 18.0. The van der Waals surface area contributed by atoms with Gasteiger partial charge in [-0.2, -0.15) is 0 Å². The van der Waals surface area contributed by atoms with E-state index >= 15 is 0 Å². The zero-order chi connectivity index (χ0) is 37.0. The summed E-state index contributed by atoms with van der Waals surface area (Å²) in [5, 5.41) is 4.30. The maximum Gasteiger partial charge on any atom is 0.330 e. The monoisotopic (exact) mass is 730 g/mol. The van der Waals surface area contributed by atoms with E-state index in [1.54, 1.807) is 0 Å². The number of aromatic amines is 1. The number of H-pyrrole nitrogens is 1. The van der Waals surface area contributed by atoms with Gasteiger partial charge in [-0.3, -0.25) is 14.3 Å². The highest BCUT2D eigenvalue weighted by Crippen LogP contribution is 2.40. The van der Waals surface area contributed by atoms with E-state index in [0.717, 1.165) is 0 Å². The molecule has 5 aromatic rings. The summed E-state index contributed by atoms with van der Waals surface area (Å²) in [5.41, 5.74) is -0.986. The number of rotatable bonds is 11. The molecule has 52 heavy (non-hydrogen) atoms. The van der Waals surface area contributed by atoms with Gasteiger partial charge in [0.2, 0.25) is 0 Å². The number of nitrogens with one attached hydrogen (secondary N) is 1. The molecule has 3 atom stereocenters. The van der Waals surface area contributed by atoms with Crippen molar-refractivity contribution in [2.45, 2.75) is 64.0 Å². The van der Waals surface area contributed by atoms with Crippen LogP contribution in [-0.2, 0) is 13.6 Å². The van der Waals surface area contributed by atoms with Crippen LogP contribution < -0.4 is 32.0 Å². The molecule has 0 radical (unpaired) electrons. The molecule has 2 heterocycles. The minimum Gasteiger partial charge on any atom is -0.407 e. The maximum atomic E-state index is 13.0.